The number of hydrogen-bond acceptors (Lipinski definition) is 3. The molecule has 4 nitrogen and oxygen atoms in total. The lowest BCUT2D eigenvalue weighted by Crippen LogP contribution is -2.49. The molecule has 1 saturated heterocycles. The first-order valence-corrected chi connectivity index (χ1v) is 7.30. The van der Waals surface area contributed by atoms with Crippen molar-refractivity contribution in [3.63, 3.8) is 0 Å². The van der Waals surface area contributed by atoms with Crippen LogP contribution in [0.4, 0.5) is 9.18 Å². The van der Waals surface area contributed by atoms with Crippen LogP contribution in [-0.2, 0) is 4.74 Å². The molecule has 0 aliphatic carbocycles. The van der Waals surface area contributed by atoms with Crippen LogP contribution in [0, 0.1) is 5.82 Å². The fourth-order valence-electron chi connectivity index (χ4n) is 2.23. The zero-order valence-electron chi connectivity index (χ0n) is 12.5. The van der Waals surface area contributed by atoms with Crippen LogP contribution in [0.15, 0.2) is 18.2 Å². The van der Waals surface area contributed by atoms with Crippen molar-refractivity contribution in [2.75, 3.05) is 19.6 Å². The summed E-state index contributed by atoms with van der Waals surface area (Å²) in [7, 11) is 0. The van der Waals surface area contributed by atoms with Crippen molar-refractivity contribution >= 4 is 17.7 Å². The van der Waals surface area contributed by atoms with Gasteiger partial charge in [-0.2, -0.15) is 0 Å². The first-order valence-electron chi connectivity index (χ1n) is 6.92. The highest BCUT2D eigenvalue weighted by Gasteiger charge is 2.29. The summed E-state index contributed by atoms with van der Waals surface area (Å²) < 4.78 is 19.3. The quantitative estimate of drug-likeness (QED) is 0.864. The maximum absolute atomic E-state index is 14.0. The number of nitrogens with one attached hydrogen (secondary N) is 1. The summed E-state index contributed by atoms with van der Waals surface area (Å²) in [4.78, 5) is 13.7. The highest BCUT2D eigenvalue weighted by atomic mass is 35.5. The van der Waals surface area contributed by atoms with Gasteiger partial charge in [0.05, 0.1) is 6.04 Å². The summed E-state index contributed by atoms with van der Waals surface area (Å²) in [5, 5.41) is 3.57. The smallest absolute Gasteiger partial charge is 0.410 e. The topological polar surface area (TPSA) is 41.6 Å². The highest BCUT2D eigenvalue weighted by Crippen LogP contribution is 2.24. The van der Waals surface area contributed by atoms with E-state index in [9.17, 15) is 9.18 Å². The molecule has 1 aromatic carbocycles. The van der Waals surface area contributed by atoms with Crippen molar-refractivity contribution in [3.05, 3.63) is 34.6 Å². The standard InChI is InChI=1S/C15H20ClFN2O2/c1-15(2,3)21-14(20)19-7-6-18-13(9-19)11-5-4-10(16)8-12(11)17/h4-5,8,13,18H,6-7,9H2,1-3H3. The van der Waals surface area contributed by atoms with Crippen LogP contribution >= 0.6 is 11.6 Å². The van der Waals surface area contributed by atoms with Crippen molar-refractivity contribution in [1.29, 1.82) is 0 Å². The molecule has 1 aliphatic rings. The fourth-order valence-corrected chi connectivity index (χ4v) is 2.39. The van der Waals surface area contributed by atoms with Gasteiger partial charge < -0.3 is 15.0 Å². The number of carbonyl (C=O) groups excluding carboxylic acids is 1. The van der Waals surface area contributed by atoms with Gasteiger partial charge in [-0.15, -0.1) is 0 Å². The summed E-state index contributed by atoms with van der Waals surface area (Å²) in [6, 6.07) is 4.32. The average Bonchev–Trinajstić information content (AvgIpc) is 2.37. The number of amides is 1. The van der Waals surface area contributed by atoms with Gasteiger partial charge in [0.25, 0.3) is 0 Å². The van der Waals surface area contributed by atoms with Gasteiger partial charge in [-0.1, -0.05) is 17.7 Å². The van der Waals surface area contributed by atoms with Gasteiger partial charge in [0, 0.05) is 30.2 Å². The minimum absolute atomic E-state index is 0.261. The molecule has 1 heterocycles. The number of ether oxygens (including phenoxy) is 1. The van der Waals surface area contributed by atoms with E-state index in [0.717, 1.165) is 0 Å². The highest BCUT2D eigenvalue weighted by molar-refractivity contribution is 6.30. The molecule has 1 N–H and O–H groups in total. The Kier molecular flexibility index (Phi) is 4.74. The predicted molar refractivity (Wildman–Crippen MR) is 80.0 cm³/mol. The van der Waals surface area contributed by atoms with E-state index >= 15 is 0 Å². The molecular weight excluding hydrogens is 295 g/mol. The second kappa shape index (κ2) is 6.20. The molecule has 6 heteroatoms. The van der Waals surface area contributed by atoms with E-state index < -0.39 is 5.60 Å². The molecule has 0 bridgehead atoms. The summed E-state index contributed by atoms with van der Waals surface area (Å²) in [5.74, 6) is -0.369. The minimum atomic E-state index is -0.539. The second-order valence-electron chi connectivity index (χ2n) is 6.10. The number of piperazine rings is 1. The maximum Gasteiger partial charge on any atom is 0.410 e. The van der Waals surface area contributed by atoms with Crippen molar-refractivity contribution in [2.24, 2.45) is 0 Å². The Hall–Kier alpha value is -1.33. The number of rotatable bonds is 1. The van der Waals surface area contributed by atoms with Crippen molar-refractivity contribution < 1.29 is 13.9 Å². The third-order valence-electron chi connectivity index (χ3n) is 3.17. The first-order chi connectivity index (χ1) is 9.76. The lowest BCUT2D eigenvalue weighted by Gasteiger charge is -2.35. The van der Waals surface area contributed by atoms with Gasteiger partial charge in [-0.3, -0.25) is 0 Å². The molecule has 1 atom stereocenters. The van der Waals surface area contributed by atoms with E-state index in [1.54, 1.807) is 17.0 Å². The van der Waals surface area contributed by atoms with E-state index in [-0.39, 0.29) is 18.0 Å². The molecule has 0 spiro atoms. The Balaban J connectivity index is 2.08. The Morgan fingerprint density at radius 1 is 1.48 bits per heavy atom. The Bertz CT molecular complexity index is 531. The largest absolute Gasteiger partial charge is 0.444 e. The molecule has 1 amide bonds. The molecule has 0 saturated carbocycles. The van der Waals surface area contributed by atoms with Crippen LogP contribution in [0.1, 0.15) is 32.4 Å². The van der Waals surface area contributed by atoms with Crippen LogP contribution in [0.25, 0.3) is 0 Å². The monoisotopic (exact) mass is 314 g/mol. The van der Waals surface area contributed by atoms with Crippen LogP contribution in [-0.4, -0.2) is 36.2 Å². The number of hydrogen-bond donors (Lipinski definition) is 1. The average molecular weight is 315 g/mol. The summed E-state index contributed by atoms with van der Waals surface area (Å²) in [5.41, 5.74) is -0.0316. The molecule has 0 aromatic heterocycles. The minimum Gasteiger partial charge on any atom is -0.444 e. The summed E-state index contributed by atoms with van der Waals surface area (Å²) >= 11 is 5.76. The van der Waals surface area contributed by atoms with E-state index in [1.807, 2.05) is 20.8 Å². The Morgan fingerprint density at radius 3 is 2.81 bits per heavy atom. The number of carbonyl (C=O) groups is 1. The first kappa shape index (κ1) is 16.0. The van der Waals surface area contributed by atoms with Crippen molar-refractivity contribution in [3.8, 4) is 0 Å². The third kappa shape index (κ3) is 4.32. The Morgan fingerprint density at radius 2 is 2.19 bits per heavy atom. The molecular formula is C15H20ClFN2O2. The molecule has 21 heavy (non-hydrogen) atoms. The van der Waals surface area contributed by atoms with Crippen LogP contribution in [0.3, 0.4) is 0 Å². The SMILES string of the molecule is CC(C)(C)OC(=O)N1CCNC(c2ccc(Cl)cc2F)C1. The maximum atomic E-state index is 14.0. The zero-order valence-corrected chi connectivity index (χ0v) is 13.2. The zero-order chi connectivity index (χ0) is 15.6. The van der Waals surface area contributed by atoms with E-state index in [4.69, 9.17) is 16.3 Å². The molecule has 1 aromatic rings. The number of halogens is 2. The third-order valence-corrected chi connectivity index (χ3v) is 3.40. The molecule has 2 rings (SSSR count). The van der Waals surface area contributed by atoms with Gasteiger partial charge in [0.2, 0.25) is 0 Å². The lowest BCUT2D eigenvalue weighted by atomic mass is 10.0. The van der Waals surface area contributed by atoms with Crippen molar-refractivity contribution in [2.45, 2.75) is 32.4 Å². The molecule has 116 valence electrons. The lowest BCUT2D eigenvalue weighted by molar-refractivity contribution is 0.0194. The van der Waals surface area contributed by atoms with Gasteiger partial charge >= 0.3 is 6.09 Å². The van der Waals surface area contributed by atoms with Crippen molar-refractivity contribution in [1.82, 2.24) is 10.2 Å². The normalized spacial score (nSPS) is 19.5. The molecule has 1 unspecified atom stereocenters. The van der Waals surface area contributed by atoms with Gasteiger partial charge in [0.1, 0.15) is 11.4 Å². The molecule has 1 aliphatic heterocycles. The number of nitrogens with zero attached hydrogens (tertiary/aromatic N) is 1. The van der Waals surface area contributed by atoms with Crippen LogP contribution in [0.2, 0.25) is 5.02 Å². The van der Waals surface area contributed by atoms with E-state index in [0.29, 0.717) is 30.2 Å². The van der Waals surface area contributed by atoms with Gasteiger partial charge in [-0.05, 0) is 32.9 Å². The molecule has 1 fully saturated rings. The Labute approximate surface area is 129 Å². The number of benzene rings is 1. The van der Waals surface area contributed by atoms with Gasteiger partial charge in [0.15, 0.2) is 0 Å². The second-order valence-corrected chi connectivity index (χ2v) is 6.54. The van der Waals surface area contributed by atoms with E-state index in [1.165, 1.54) is 6.07 Å². The van der Waals surface area contributed by atoms with E-state index in [2.05, 4.69) is 5.32 Å². The summed E-state index contributed by atoms with van der Waals surface area (Å²) in [6.45, 7) is 6.97. The summed E-state index contributed by atoms with van der Waals surface area (Å²) in [6.07, 6.45) is -0.372. The molecule has 0 radical (unpaired) electrons. The van der Waals surface area contributed by atoms with Crippen LogP contribution in [0.5, 0.6) is 0 Å². The van der Waals surface area contributed by atoms with Crippen LogP contribution < -0.4 is 5.32 Å². The van der Waals surface area contributed by atoms with Gasteiger partial charge in [-0.25, -0.2) is 9.18 Å². The predicted octanol–water partition coefficient (Wildman–Crippen LogP) is 3.36. The fraction of sp³-hybridized carbons (Fsp3) is 0.533.